The van der Waals surface area contributed by atoms with E-state index in [0.29, 0.717) is 17.9 Å². The van der Waals surface area contributed by atoms with Gasteiger partial charge in [0, 0.05) is 4.88 Å². The smallest absolute Gasteiger partial charge is 0.274 e. The van der Waals surface area contributed by atoms with E-state index in [1.807, 2.05) is 6.92 Å². The molecule has 0 atom stereocenters. The van der Waals surface area contributed by atoms with Gasteiger partial charge in [-0.2, -0.15) is 5.10 Å². The number of nitrogens with zero attached hydrogens (tertiary/aromatic N) is 2. The van der Waals surface area contributed by atoms with Crippen LogP contribution >= 0.6 is 11.3 Å². The molecule has 4 N–H and O–H groups in total. The van der Waals surface area contributed by atoms with Gasteiger partial charge in [-0.3, -0.25) is 9.89 Å². The number of nitrogens with one attached hydrogen (secondary N) is 2. The van der Waals surface area contributed by atoms with Crippen molar-refractivity contribution in [2.24, 2.45) is 0 Å². The van der Waals surface area contributed by atoms with Crippen LogP contribution < -0.4 is 11.1 Å². The Hall–Kier alpha value is -1.89. The van der Waals surface area contributed by atoms with Gasteiger partial charge in [-0.1, -0.05) is 0 Å². The first-order valence-electron chi connectivity index (χ1n) is 5.07. The van der Waals surface area contributed by atoms with Crippen LogP contribution in [-0.2, 0) is 6.54 Å². The number of amides is 1. The van der Waals surface area contributed by atoms with E-state index in [2.05, 4.69) is 20.5 Å². The van der Waals surface area contributed by atoms with E-state index in [0.717, 1.165) is 10.6 Å². The fraction of sp³-hybridized carbons (Fsp3) is 0.300. The van der Waals surface area contributed by atoms with Gasteiger partial charge in [0.1, 0.15) is 0 Å². The summed E-state index contributed by atoms with van der Waals surface area (Å²) in [5.74, 6) is -0.278. The van der Waals surface area contributed by atoms with Crippen LogP contribution in [0.5, 0.6) is 0 Å². The molecular weight excluding hydrogens is 238 g/mol. The SMILES string of the molecule is Cc1ncsc1CNC(=O)c1n[nH]c(C)c1N. The highest BCUT2D eigenvalue weighted by Crippen LogP contribution is 2.14. The van der Waals surface area contributed by atoms with Gasteiger partial charge in [0.2, 0.25) is 0 Å². The number of anilines is 1. The van der Waals surface area contributed by atoms with Crippen LogP contribution in [0.25, 0.3) is 0 Å². The number of aromatic amines is 1. The average Bonchev–Trinajstić information content (AvgIpc) is 2.84. The standard InChI is InChI=1S/C10H13N5OS/c1-5-7(17-4-13-5)3-12-10(16)9-8(11)6(2)14-15-9/h4H,3,11H2,1-2H3,(H,12,16)(H,14,15). The molecule has 0 spiro atoms. The maximum absolute atomic E-state index is 11.8. The van der Waals surface area contributed by atoms with E-state index in [-0.39, 0.29) is 11.6 Å². The highest BCUT2D eigenvalue weighted by Gasteiger charge is 2.15. The maximum Gasteiger partial charge on any atom is 0.274 e. The summed E-state index contributed by atoms with van der Waals surface area (Å²) in [6, 6.07) is 0. The molecule has 0 bridgehead atoms. The van der Waals surface area contributed by atoms with Crippen molar-refractivity contribution in [1.82, 2.24) is 20.5 Å². The Labute approximate surface area is 102 Å². The number of nitrogen functional groups attached to an aromatic ring is 1. The monoisotopic (exact) mass is 251 g/mol. The van der Waals surface area contributed by atoms with Gasteiger partial charge in [0.05, 0.1) is 29.1 Å². The van der Waals surface area contributed by atoms with Gasteiger partial charge >= 0.3 is 0 Å². The molecule has 7 heteroatoms. The van der Waals surface area contributed by atoms with Crippen LogP contribution in [0.2, 0.25) is 0 Å². The lowest BCUT2D eigenvalue weighted by Crippen LogP contribution is -2.24. The molecule has 0 saturated heterocycles. The molecule has 0 radical (unpaired) electrons. The van der Waals surface area contributed by atoms with Gasteiger partial charge in [-0.25, -0.2) is 4.98 Å². The molecule has 2 heterocycles. The lowest BCUT2D eigenvalue weighted by atomic mass is 10.3. The van der Waals surface area contributed by atoms with Crippen molar-refractivity contribution in [2.75, 3.05) is 5.73 Å². The van der Waals surface area contributed by atoms with E-state index in [4.69, 9.17) is 5.73 Å². The van der Waals surface area contributed by atoms with Crippen molar-refractivity contribution in [3.05, 3.63) is 27.5 Å². The fourth-order valence-electron chi connectivity index (χ4n) is 1.35. The largest absolute Gasteiger partial charge is 0.395 e. The van der Waals surface area contributed by atoms with Crippen LogP contribution in [0.1, 0.15) is 26.8 Å². The molecule has 0 aliphatic heterocycles. The summed E-state index contributed by atoms with van der Waals surface area (Å²) < 4.78 is 0. The topological polar surface area (TPSA) is 96.7 Å². The molecular formula is C10H13N5OS. The van der Waals surface area contributed by atoms with Crippen molar-refractivity contribution in [3.8, 4) is 0 Å². The quantitative estimate of drug-likeness (QED) is 0.758. The molecule has 0 fully saturated rings. The lowest BCUT2D eigenvalue weighted by molar-refractivity contribution is 0.0947. The van der Waals surface area contributed by atoms with Crippen molar-refractivity contribution in [1.29, 1.82) is 0 Å². The van der Waals surface area contributed by atoms with Gasteiger partial charge in [-0.05, 0) is 13.8 Å². The summed E-state index contributed by atoms with van der Waals surface area (Å²) in [5, 5.41) is 9.31. The molecule has 0 aromatic carbocycles. The van der Waals surface area contributed by atoms with Gasteiger partial charge in [0.25, 0.3) is 5.91 Å². The second kappa shape index (κ2) is 4.54. The van der Waals surface area contributed by atoms with Crippen molar-refractivity contribution >= 4 is 22.9 Å². The van der Waals surface area contributed by atoms with Crippen LogP contribution in [0, 0.1) is 13.8 Å². The zero-order valence-electron chi connectivity index (χ0n) is 9.57. The Bertz CT molecular complexity index is 545. The predicted molar refractivity (Wildman–Crippen MR) is 65.8 cm³/mol. The van der Waals surface area contributed by atoms with Crippen LogP contribution in [-0.4, -0.2) is 21.1 Å². The molecule has 2 rings (SSSR count). The number of H-pyrrole nitrogens is 1. The summed E-state index contributed by atoms with van der Waals surface area (Å²) >= 11 is 1.51. The third-order valence-electron chi connectivity index (χ3n) is 2.46. The number of thiazole rings is 1. The van der Waals surface area contributed by atoms with Crippen LogP contribution in [0.3, 0.4) is 0 Å². The molecule has 0 aliphatic carbocycles. The first kappa shape index (κ1) is 11.6. The van der Waals surface area contributed by atoms with Gasteiger partial charge in [0.15, 0.2) is 5.69 Å². The highest BCUT2D eigenvalue weighted by molar-refractivity contribution is 7.09. The molecule has 90 valence electrons. The minimum Gasteiger partial charge on any atom is -0.395 e. The lowest BCUT2D eigenvalue weighted by Gasteiger charge is -2.02. The number of carbonyl (C=O) groups is 1. The molecule has 1 amide bonds. The van der Waals surface area contributed by atoms with Crippen LogP contribution in [0.4, 0.5) is 5.69 Å². The summed E-state index contributed by atoms with van der Waals surface area (Å²) in [7, 11) is 0. The van der Waals surface area contributed by atoms with E-state index in [1.54, 1.807) is 12.4 Å². The molecule has 2 aromatic rings. The Kier molecular flexibility index (Phi) is 3.10. The summed E-state index contributed by atoms with van der Waals surface area (Å²) in [5.41, 5.74) is 9.73. The molecule has 2 aromatic heterocycles. The Balaban J connectivity index is 2.03. The number of nitrogens with two attached hydrogens (primary N) is 1. The van der Waals surface area contributed by atoms with E-state index in [9.17, 15) is 4.79 Å². The van der Waals surface area contributed by atoms with Crippen LogP contribution in [0.15, 0.2) is 5.51 Å². The van der Waals surface area contributed by atoms with E-state index in [1.165, 1.54) is 11.3 Å². The number of hydrogen-bond donors (Lipinski definition) is 3. The molecule has 0 unspecified atom stereocenters. The predicted octanol–water partition coefficient (Wildman–Crippen LogP) is 0.995. The number of aromatic nitrogens is 3. The molecule has 6 nitrogen and oxygen atoms in total. The van der Waals surface area contributed by atoms with Gasteiger partial charge < -0.3 is 11.1 Å². The van der Waals surface area contributed by atoms with Gasteiger partial charge in [-0.15, -0.1) is 11.3 Å². The molecule has 0 saturated carbocycles. The number of rotatable bonds is 3. The maximum atomic E-state index is 11.8. The molecule has 17 heavy (non-hydrogen) atoms. The van der Waals surface area contributed by atoms with Crippen molar-refractivity contribution < 1.29 is 4.79 Å². The second-order valence-electron chi connectivity index (χ2n) is 3.65. The Morgan fingerprint density at radius 1 is 1.59 bits per heavy atom. The average molecular weight is 251 g/mol. The molecule has 0 aliphatic rings. The van der Waals surface area contributed by atoms with Crippen molar-refractivity contribution in [3.63, 3.8) is 0 Å². The third kappa shape index (κ3) is 2.28. The Morgan fingerprint density at radius 3 is 2.88 bits per heavy atom. The zero-order chi connectivity index (χ0) is 12.4. The van der Waals surface area contributed by atoms with E-state index < -0.39 is 0 Å². The normalized spacial score (nSPS) is 10.5. The highest BCUT2D eigenvalue weighted by atomic mass is 32.1. The Morgan fingerprint density at radius 2 is 2.35 bits per heavy atom. The number of carbonyl (C=O) groups excluding carboxylic acids is 1. The minimum absolute atomic E-state index is 0.240. The fourth-order valence-corrected chi connectivity index (χ4v) is 2.07. The first-order valence-corrected chi connectivity index (χ1v) is 5.95. The third-order valence-corrected chi connectivity index (χ3v) is 3.40. The summed E-state index contributed by atoms with van der Waals surface area (Å²) in [6.45, 7) is 4.12. The number of aryl methyl sites for hydroxylation is 2. The van der Waals surface area contributed by atoms with E-state index >= 15 is 0 Å². The summed E-state index contributed by atoms with van der Waals surface area (Å²) in [4.78, 5) is 16.9. The number of hydrogen-bond acceptors (Lipinski definition) is 5. The minimum atomic E-state index is -0.278. The second-order valence-corrected chi connectivity index (χ2v) is 4.59. The summed E-state index contributed by atoms with van der Waals surface area (Å²) in [6.07, 6.45) is 0. The first-order chi connectivity index (χ1) is 8.09. The zero-order valence-corrected chi connectivity index (χ0v) is 10.4. The van der Waals surface area contributed by atoms with Crippen molar-refractivity contribution in [2.45, 2.75) is 20.4 Å².